The molecule has 0 spiro atoms. The third-order valence-electron chi connectivity index (χ3n) is 5.43. The number of nitrogens with one attached hydrogen (secondary N) is 1. The Kier molecular flexibility index (Phi) is 5.73. The molecule has 1 aromatic carbocycles. The summed E-state index contributed by atoms with van der Waals surface area (Å²) in [5.74, 6) is 0.624. The molecule has 1 atom stereocenters. The lowest BCUT2D eigenvalue weighted by atomic mass is 9.97. The van der Waals surface area contributed by atoms with Gasteiger partial charge in [0.05, 0.1) is 0 Å². The number of halogens is 1. The lowest BCUT2D eigenvalue weighted by Crippen LogP contribution is -2.47. The third-order valence-corrected chi connectivity index (χ3v) is 5.43. The van der Waals surface area contributed by atoms with Gasteiger partial charge in [0.25, 0.3) is 5.89 Å². The van der Waals surface area contributed by atoms with Crippen molar-refractivity contribution in [2.75, 3.05) is 13.1 Å². The first-order valence-corrected chi connectivity index (χ1v) is 9.94. The molecule has 28 heavy (non-hydrogen) atoms. The van der Waals surface area contributed by atoms with Crippen LogP contribution >= 0.6 is 0 Å². The Morgan fingerprint density at radius 1 is 1.25 bits per heavy atom. The smallest absolute Gasteiger partial charge is 0.317 e. The molecular weight excluding hydrogens is 363 g/mol. The van der Waals surface area contributed by atoms with E-state index in [-0.39, 0.29) is 24.3 Å². The number of rotatable bonds is 5. The first-order valence-electron chi connectivity index (χ1n) is 9.94. The predicted molar refractivity (Wildman–Crippen MR) is 99.4 cm³/mol. The largest absolute Gasteiger partial charge is 0.481 e. The molecule has 1 aliphatic carbocycles. The maximum atomic E-state index is 13.6. The minimum atomic E-state index is -0.432. The summed E-state index contributed by atoms with van der Waals surface area (Å²) in [6, 6.07) is 6.50. The van der Waals surface area contributed by atoms with Crippen molar-refractivity contribution < 1.29 is 18.4 Å². The molecule has 0 bridgehead atoms. The molecule has 2 heterocycles. The van der Waals surface area contributed by atoms with Crippen LogP contribution < -0.4 is 10.1 Å². The van der Waals surface area contributed by atoms with Crippen molar-refractivity contribution in [2.45, 2.75) is 57.1 Å². The second kappa shape index (κ2) is 8.58. The van der Waals surface area contributed by atoms with Crippen molar-refractivity contribution in [1.82, 2.24) is 20.4 Å². The number of hydrogen-bond acceptors (Lipinski definition) is 5. The zero-order chi connectivity index (χ0) is 19.3. The number of hydrogen-bond donors (Lipinski definition) is 1. The molecule has 2 aromatic rings. The number of urea groups is 1. The Hall–Kier alpha value is -2.64. The summed E-state index contributed by atoms with van der Waals surface area (Å²) in [7, 11) is 0. The maximum Gasteiger partial charge on any atom is 0.317 e. The summed E-state index contributed by atoms with van der Waals surface area (Å²) in [6.07, 6.45) is 6.32. The van der Waals surface area contributed by atoms with Crippen LogP contribution in [-0.2, 0) is 6.61 Å². The average molecular weight is 388 g/mol. The molecule has 2 fully saturated rings. The summed E-state index contributed by atoms with van der Waals surface area (Å²) in [4.78, 5) is 18.8. The summed E-state index contributed by atoms with van der Waals surface area (Å²) in [6.45, 7) is 1.33. The Balaban J connectivity index is 1.32. The van der Waals surface area contributed by atoms with Gasteiger partial charge in [-0.15, -0.1) is 0 Å². The summed E-state index contributed by atoms with van der Waals surface area (Å²) >= 11 is 0. The fourth-order valence-corrected chi connectivity index (χ4v) is 3.90. The average Bonchev–Trinajstić information content (AvgIpc) is 3.39. The molecule has 2 amide bonds. The fourth-order valence-electron chi connectivity index (χ4n) is 3.90. The van der Waals surface area contributed by atoms with Gasteiger partial charge in [0.2, 0.25) is 0 Å². The van der Waals surface area contributed by atoms with Crippen LogP contribution in [0.4, 0.5) is 9.18 Å². The zero-order valence-corrected chi connectivity index (χ0v) is 15.8. The second-order valence-corrected chi connectivity index (χ2v) is 7.48. The summed E-state index contributed by atoms with van der Waals surface area (Å²) in [5, 5.41) is 7.19. The van der Waals surface area contributed by atoms with Crippen molar-refractivity contribution in [3.8, 4) is 5.75 Å². The van der Waals surface area contributed by atoms with Crippen molar-refractivity contribution in [3.05, 3.63) is 41.8 Å². The Morgan fingerprint density at radius 2 is 2.07 bits per heavy atom. The van der Waals surface area contributed by atoms with Crippen LogP contribution in [0.2, 0.25) is 0 Å². The number of likely N-dealkylation sites (tertiary alicyclic amines) is 1. The van der Waals surface area contributed by atoms with E-state index in [0.29, 0.717) is 24.3 Å². The van der Waals surface area contributed by atoms with Gasteiger partial charge in [0.1, 0.15) is 0 Å². The molecule has 4 rings (SSSR count). The number of carbonyl (C=O) groups excluding carboxylic acids is 1. The number of para-hydroxylation sites is 1. The van der Waals surface area contributed by atoms with E-state index in [1.54, 1.807) is 18.2 Å². The van der Waals surface area contributed by atoms with Gasteiger partial charge in [-0.05, 0) is 37.8 Å². The molecule has 7 nitrogen and oxygen atoms in total. The monoisotopic (exact) mass is 388 g/mol. The Morgan fingerprint density at radius 3 is 2.89 bits per heavy atom. The molecule has 1 saturated heterocycles. The van der Waals surface area contributed by atoms with Crippen LogP contribution in [0.25, 0.3) is 0 Å². The van der Waals surface area contributed by atoms with E-state index in [0.717, 1.165) is 32.2 Å². The quantitative estimate of drug-likeness (QED) is 0.846. The second-order valence-electron chi connectivity index (χ2n) is 7.48. The highest BCUT2D eigenvalue weighted by Crippen LogP contribution is 2.26. The van der Waals surface area contributed by atoms with Gasteiger partial charge in [0.15, 0.2) is 24.0 Å². The first-order chi connectivity index (χ1) is 13.7. The molecule has 1 aromatic heterocycles. The van der Waals surface area contributed by atoms with Crippen LogP contribution in [0.15, 0.2) is 28.8 Å². The van der Waals surface area contributed by atoms with Crippen molar-refractivity contribution in [2.24, 2.45) is 0 Å². The highest BCUT2D eigenvalue weighted by atomic mass is 19.1. The van der Waals surface area contributed by atoms with E-state index in [2.05, 4.69) is 15.5 Å². The van der Waals surface area contributed by atoms with Gasteiger partial charge in [-0.2, -0.15) is 4.98 Å². The minimum absolute atomic E-state index is 0.00297. The maximum absolute atomic E-state index is 13.6. The molecular formula is C20H25FN4O3. The van der Waals surface area contributed by atoms with Gasteiger partial charge in [-0.1, -0.05) is 30.1 Å². The molecule has 1 N–H and O–H groups in total. The standard InChI is InChI=1S/C20H25FN4O3/c21-16-9-3-4-10-17(16)27-13-18-23-19(24-28-18)14-6-5-11-25(12-14)20(26)22-15-7-1-2-8-15/h3-4,9-10,14-15H,1-2,5-8,11-13H2,(H,22,26). The highest BCUT2D eigenvalue weighted by molar-refractivity contribution is 5.74. The molecule has 1 aliphatic heterocycles. The van der Waals surface area contributed by atoms with E-state index in [1.807, 2.05) is 4.90 Å². The van der Waals surface area contributed by atoms with E-state index in [4.69, 9.17) is 9.26 Å². The SMILES string of the molecule is O=C(NC1CCCC1)N1CCCC(c2noc(COc3ccccc3F)n2)C1. The lowest BCUT2D eigenvalue weighted by Gasteiger charge is -2.32. The first kappa shape index (κ1) is 18.7. The number of piperidine rings is 1. The molecule has 0 radical (unpaired) electrons. The van der Waals surface area contributed by atoms with Gasteiger partial charge in [0, 0.05) is 25.0 Å². The van der Waals surface area contributed by atoms with E-state index >= 15 is 0 Å². The number of nitrogens with zero attached hydrogens (tertiary/aromatic N) is 3. The summed E-state index contributed by atoms with van der Waals surface area (Å²) < 4.78 is 24.3. The Labute approximate surface area is 163 Å². The van der Waals surface area contributed by atoms with Crippen LogP contribution in [-0.4, -0.2) is 40.2 Å². The molecule has 2 aliphatic rings. The van der Waals surface area contributed by atoms with Crippen LogP contribution in [0.5, 0.6) is 5.75 Å². The number of benzene rings is 1. The van der Waals surface area contributed by atoms with Crippen LogP contribution in [0.1, 0.15) is 56.2 Å². The Bertz CT molecular complexity index is 806. The topological polar surface area (TPSA) is 80.5 Å². The van der Waals surface area contributed by atoms with Gasteiger partial charge >= 0.3 is 6.03 Å². The van der Waals surface area contributed by atoms with Gasteiger partial charge < -0.3 is 19.5 Å². The number of carbonyl (C=O) groups is 1. The van der Waals surface area contributed by atoms with E-state index in [9.17, 15) is 9.18 Å². The van der Waals surface area contributed by atoms with Crippen LogP contribution in [0.3, 0.4) is 0 Å². The number of aromatic nitrogens is 2. The minimum Gasteiger partial charge on any atom is -0.481 e. The predicted octanol–water partition coefficient (Wildman–Crippen LogP) is 3.62. The zero-order valence-electron chi connectivity index (χ0n) is 15.8. The van der Waals surface area contributed by atoms with E-state index in [1.165, 1.54) is 18.9 Å². The molecule has 1 unspecified atom stereocenters. The van der Waals surface area contributed by atoms with Crippen molar-refractivity contribution in [3.63, 3.8) is 0 Å². The lowest BCUT2D eigenvalue weighted by molar-refractivity contribution is 0.174. The number of ether oxygens (including phenoxy) is 1. The van der Waals surface area contributed by atoms with Gasteiger partial charge in [-0.25, -0.2) is 9.18 Å². The van der Waals surface area contributed by atoms with Crippen LogP contribution in [0, 0.1) is 5.82 Å². The van der Waals surface area contributed by atoms with E-state index < -0.39 is 5.82 Å². The normalized spacial score (nSPS) is 20.3. The molecule has 8 heteroatoms. The third kappa shape index (κ3) is 4.43. The highest BCUT2D eigenvalue weighted by Gasteiger charge is 2.29. The van der Waals surface area contributed by atoms with Crippen molar-refractivity contribution >= 4 is 6.03 Å². The molecule has 150 valence electrons. The summed E-state index contributed by atoms with van der Waals surface area (Å²) in [5.41, 5.74) is 0. The number of amides is 2. The van der Waals surface area contributed by atoms with Crippen molar-refractivity contribution in [1.29, 1.82) is 0 Å². The fraction of sp³-hybridized carbons (Fsp3) is 0.550. The van der Waals surface area contributed by atoms with Gasteiger partial charge in [-0.3, -0.25) is 0 Å². The molecule has 1 saturated carbocycles.